The fourth-order valence-corrected chi connectivity index (χ4v) is 2.48. The number of hydrogen-bond donors (Lipinski definition) is 1. The number of nitrogens with zero attached hydrogens (tertiary/aromatic N) is 3. The van der Waals surface area contributed by atoms with E-state index in [1.807, 2.05) is 19.1 Å². The summed E-state index contributed by atoms with van der Waals surface area (Å²) in [5.41, 5.74) is 0. The van der Waals surface area contributed by atoms with E-state index in [-0.39, 0.29) is 0 Å². The smallest absolute Gasteiger partial charge is 0.194 e. The van der Waals surface area contributed by atoms with Crippen molar-refractivity contribution in [2.75, 3.05) is 19.0 Å². The maximum Gasteiger partial charge on any atom is 0.194 e. The summed E-state index contributed by atoms with van der Waals surface area (Å²) in [6, 6.07) is 3.86. The van der Waals surface area contributed by atoms with Gasteiger partial charge >= 0.3 is 0 Å². The fourth-order valence-electron chi connectivity index (χ4n) is 1.43. The molecule has 2 aromatic heterocycles. The Morgan fingerprint density at radius 2 is 2.16 bits per heavy atom. The average molecular weight is 341 g/mol. The molecule has 0 aliphatic heterocycles. The Morgan fingerprint density at radius 3 is 2.79 bits per heavy atom. The molecule has 1 N–H and O–H groups in total. The van der Waals surface area contributed by atoms with E-state index < -0.39 is 0 Å². The molecule has 0 saturated carbocycles. The molecule has 2 aromatic rings. The molecule has 0 spiro atoms. The third kappa shape index (κ3) is 3.57. The second kappa shape index (κ2) is 6.72. The van der Waals surface area contributed by atoms with Crippen LogP contribution < -0.4 is 10.1 Å². The van der Waals surface area contributed by atoms with E-state index in [0.29, 0.717) is 11.6 Å². The zero-order valence-corrected chi connectivity index (χ0v) is 13.0. The van der Waals surface area contributed by atoms with Crippen molar-refractivity contribution >= 4 is 33.5 Å². The third-order valence-electron chi connectivity index (χ3n) is 2.22. The molecular weight excluding hydrogens is 328 g/mol. The molecule has 2 rings (SSSR count). The topological polar surface area (TPSA) is 59.9 Å². The van der Waals surface area contributed by atoms with Gasteiger partial charge in [0.2, 0.25) is 0 Å². The summed E-state index contributed by atoms with van der Waals surface area (Å²) in [5, 5.41) is 4.73. The molecule has 100 valence electrons. The van der Waals surface area contributed by atoms with Crippen LogP contribution in [0.2, 0.25) is 0 Å². The van der Waals surface area contributed by atoms with Crippen LogP contribution in [0.3, 0.4) is 0 Å². The molecule has 0 radical (unpaired) electrons. The quantitative estimate of drug-likeness (QED) is 0.843. The molecule has 0 fully saturated rings. The van der Waals surface area contributed by atoms with Gasteiger partial charge in [-0.1, -0.05) is 0 Å². The number of rotatable bonds is 5. The molecule has 0 amide bonds. The monoisotopic (exact) mass is 340 g/mol. The lowest BCUT2D eigenvalue weighted by Crippen LogP contribution is -2.03. The van der Waals surface area contributed by atoms with Crippen molar-refractivity contribution in [3.63, 3.8) is 0 Å². The number of ether oxygens (including phenoxy) is 1. The summed E-state index contributed by atoms with van der Waals surface area (Å²) < 4.78 is 6.32. The van der Waals surface area contributed by atoms with Crippen LogP contribution >= 0.6 is 27.7 Å². The van der Waals surface area contributed by atoms with Gasteiger partial charge in [0.25, 0.3) is 0 Å². The minimum absolute atomic E-state index is 0.638. The maximum atomic E-state index is 5.38. The zero-order chi connectivity index (χ0) is 13.7. The van der Waals surface area contributed by atoms with E-state index in [0.717, 1.165) is 21.1 Å². The highest BCUT2D eigenvalue weighted by Gasteiger charge is 2.13. The van der Waals surface area contributed by atoms with Crippen LogP contribution in [0, 0.1) is 0 Å². The Morgan fingerprint density at radius 1 is 1.32 bits per heavy atom. The molecule has 0 unspecified atom stereocenters. The van der Waals surface area contributed by atoms with E-state index in [1.54, 1.807) is 13.3 Å². The van der Waals surface area contributed by atoms with Crippen molar-refractivity contribution in [3.05, 3.63) is 29.1 Å². The number of halogens is 1. The van der Waals surface area contributed by atoms with Crippen molar-refractivity contribution < 1.29 is 4.74 Å². The van der Waals surface area contributed by atoms with Crippen LogP contribution in [-0.2, 0) is 0 Å². The van der Waals surface area contributed by atoms with Gasteiger partial charge in [0.1, 0.15) is 16.4 Å². The normalized spacial score (nSPS) is 10.3. The number of aromatic nitrogens is 3. The summed E-state index contributed by atoms with van der Waals surface area (Å²) in [5.74, 6) is 1.33. The van der Waals surface area contributed by atoms with Gasteiger partial charge in [-0.25, -0.2) is 15.0 Å². The molecule has 0 aromatic carbocycles. The average Bonchev–Trinajstić information content (AvgIpc) is 2.42. The molecule has 0 saturated heterocycles. The van der Waals surface area contributed by atoms with Crippen molar-refractivity contribution in [2.45, 2.75) is 17.0 Å². The lowest BCUT2D eigenvalue weighted by atomic mass is 10.5. The molecule has 0 atom stereocenters. The first-order valence-electron chi connectivity index (χ1n) is 5.67. The molecule has 5 nitrogen and oxygen atoms in total. The lowest BCUT2D eigenvalue weighted by molar-refractivity contribution is 0.400. The Balaban J connectivity index is 2.28. The Bertz CT molecular complexity index is 550. The highest BCUT2D eigenvalue weighted by atomic mass is 79.9. The second-order valence-corrected chi connectivity index (χ2v) is 5.43. The van der Waals surface area contributed by atoms with E-state index in [1.165, 1.54) is 18.1 Å². The molecule has 2 heterocycles. The van der Waals surface area contributed by atoms with Crippen molar-refractivity contribution in [1.29, 1.82) is 0 Å². The fraction of sp³-hybridized carbons (Fsp3) is 0.250. The Kier molecular flexibility index (Phi) is 4.98. The Labute approximate surface area is 124 Å². The number of anilines is 1. The molecular formula is C12H13BrN4OS. The van der Waals surface area contributed by atoms with Crippen molar-refractivity contribution in [1.82, 2.24) is 15.0 Å². The largest absolute Gasteiger partial charge is 0.490 e. The van der Waals surface area contributed by atoms with Gasteiger partial charge in [0, 0.05) is 17.2 Å². The summed E-state index contributed by atoms with van der Waals surface area (Å²) in [4.78, 5) is 12.7. The van der Waals surface area contributed by atoms with Crippen LogP contribution in [0.4, 0.5) is 5.82 Å². The van der Waals surface area contributed by atoms with Crippen LogP contribution in [0.5, 0.6) is 5.75 Å². The first kappa shape index (κ1) is 14.1. The third-order valence-corrected chi connectivity index (χ3v) is 3.62. The predicted molar refractivity (Wildman–Crippen MR) is 78.8 cm³/mol. The highest BCUT2D eigenvalue weighted by Crippen LogP contribution is 2.35. The predicted octanol–water partition coefficient (Wildman–Crippen LogP) is 3.23. The van der Waals surface area contributed by atoms with Gasteiger partial charge < -0.3 is 10.1 Å². The van der Waals surface area contributed by atoms with E-state index in [2.05, 4.69) is 36.2 Å². The lowest BCUT2D eigenvalue weighted by Gasteiger charge is -2.11. The molecule has 7 heteroatoms. The standard InChI is InChI=1S/C12H13BrN4OS/c1-3-14-11-10(18-2)12(17-7-16-11)19-9-5-4-8(13)6-15-9/h4-7H,3H2,1-2H3,(H,14,16,17). The number of nitrogens with one attached hydrogen (secondary N) is 1. The number of methoxy groups -OCH3 is 1. The minimum atomic E-state index is 0.638. The SMILES string of the molecule is CCNc1ncnc(Sc2ccc(Br)cn2)c1OC. The van der Waals surface area contributed by atoms with Gasteiger partial charge in [-0.15, -0.1) is 0 Å². The number of hydrogen-bond acceptors (Lipinski definition) is 6. The van der Waals surface area contributed by atoms with E-state index >= 15 is 0 Å². The van der Waals surface area contributed by atoms with E-state index in [9.17, 15) is 0 Å². The number of pyridine rings is 1. The second-order valence-electron chi connectivity index (χ2n) is 3.51. The van der Waals surface area contributed by atoms with Crippen LogP contribution in [0.1, 0.15) is 6.92 Å². The Hall–Kier alpha value is -1.34. The van der Waals surface area contributed by atoms with Gasteiger partial charge in [0.05, 0.1) is 7.11 Å². The minimum Gasteiger partial charge on any atom is -0.490 e. The summed E-state index contributed by atoms with van der Waals surface area (Å²) in [6.45, 7) is 2.78. The van der Waals surface area contributed by atoms with Crippen molar-refractivity contribution in [2.24, 2.45) is 0 Å². The summed E-state index contributed by atoms with van der Waals surface area (Å²) in [6.07, 6.45) is 3.27. The maximum absolute atomic E-state index is 5.38. The van der Waals surface area contributed by atoms with Crippen LogP contribution in [0.25, 0.3) is 0 Å². The van der Waals surface area contributed by atoms with E-state index in [4.69, 9.17) is 4.74 Å². The van der Waals surface area contributed by atoms with Gasteiger partial charge in [-0.3, -0.25) is 0 Å². The highest BCUT2D eigenvalue weighted by molar-refractivity contribution is 9.10. The van der Waals surface area contributed by atoms with Crippen molar-refractivity contribution in [3.8, 4) is 5.75 Å². The zero-order valence-electron chi connectivity index (χ0n) is 10.6. The van der Waals surface area contributed by atoms with Crippen LogP contribution in [-0.4, -0.2) is 28.6 Å². The summed E-state index contributed by atoms with van der Waals surface area (Å²) in [7, 11) is 1.61. The van der Waals surface area contributed by atoms with Gasteiger partial charge in [-0.2, -0.15) is 0 Å². The summed E-state index contributed by atoms with van der Waals surface area (Å²) >= 11 is 4.80. The molecule has 19 heavy (non-hydrogen) atoms. The first-order chi connectivity index (χ1) is 9.24. The van der Waals surface area contributed by atoms with Gasteiger partial charge in [0.15, 0.2) is 11.6 Å². The van der Waals surface area contributed by atoms with Gasteiger partial charge in [-0.05, 0) is 46.7 Å². The first-order valence-corrected chi connectivity index (χ1v) is 7.27. The molecule has 0 aliphatic rings. The molecule has 0 bridgehead atoms. The van der Waals surface area contributed by atoms with Crippen LogP contribution in [0.15, 0.2) is 39.2 Å². The molecule has 0 aliphatic carbocycles.